The van der Waals surface area contributed by atoms with Gasteiger partial charge >= 0.3 is 0 Å². The van der Waals surface area contributed by atoms with Crippen LogP contribution in [0.1, 0.15) is 37.7 Å². The molecular weight excluding hydrogens is 204 g/mol. The Morgan fingerprint density at radius 1 is 1.56 bits per heavy atom. The summed E-state index contributed by atoms with van der Waals surface area (Å²) < 4.78 is 7.29. The Kier molecular flexibility index (Phi) is 2.26. The lowest BCUT2D eigenvalue weighted by atomic mass is 9.64. The van der Waals surface area contributed by atoms with Crippen LogP contribution in [0.5, 0.6) is 0 Å². The minimum atomic E-state index is 0.224. The Morgan fingerprint density at radius 2 is 2.31 bits per heavy atom. The van der Waals surface area contributed by atoms with E-state index in [4.69, 9.17) is 4.74 Å². The first-order valence-corrected chi connectivity index (χ1v) is 5.88. The molecule has 1 N–H and O–H groups in total. The molecule has 1 unspecified atom stereocenters. The van der Waals surface area contributed by atoms with Crippen molar-refractivity contribution in [2.24, 2.45) is 5.41 Å². The monoisotopic (exact) mass is 222 g/mol. The maximum Gasteiger partial charge on any atom is 0.167 e. The molecule has 0 aromatic carbocycles. The van der Waals surface area contributed by atoms with E-state index in [1.165, 1.54) is 12.8 Å². The van der Waals surface area contributed by atoms with Crippen LogP contribution in [0.25, 0.3) is 0 Å². The van der Waals surface area contributed by atoms with Crippen molar-refractivity contribution in [2.75, 3.05) is 20.3 Å². The number of nitrogens with one attached hydrogen (secondary N) is 1. The Labute approximate surface area is 95.2 Å². The lowest BCUT2D eigenvalue weighted by molar-refractivity contribution is -0.176. The summed E-state index contributed by atoms with van der Waals surface area (Å²) in [6.07, 6.45) is 4.26. The molecule has 0 radical (unpaired) electrons. The highest BCUT2D eigenvalue weighted by atomic mass is 16.5. The minimum Gasteiger partial charge on any atom is -0.380 e. The summed E-state index contributed by atoms with van der Waals surface area (Å²) in [5, 5.41) is 7.68. The fraction of sp³-hybridized carbons (Fsp3) is 0.818. The fourth-order valence-electron chi connectivity index (χ4n) is 2.55. The SMILES string of the molecule is CNC(C)c1ncn(C2CC3(COC3)C2)n1. The summed E-state index contributed by atoms with van der Waals surface area (Å²) in [6.45, 7) is 3.96. The van der Waals surface area contributed by atoms with E-state index in [0.29, 0.717) is 11.5 Å². The molecule has 2 fully saturated rings. The van der Waals surface area contributed by atoms with Crippen molar-refractivity contribution in [3.8, 4) is 0 Å². The molecule has 0 amide bonds. The van der Waals surface area contributed by atoms with Crippen molar-refractivity contribution in [2.45, 2.75) is 31.8 Å². The van der Waals surface area contributed by atoms with Crippen LogP contribution in [-0.2, 0) is 4.74 Å². The van der Waals surface area contributed by atoms with E-state index in [1.807, 2.05) is 18.1 Å². The smallest absolute Gasteiger partial charge is 0.167 e. The molecule has 1 spiro atoms. The second kappa shape index (κ2) is 3.53. The fourth-order valence-corrected chi connectivity index (χ4v) is 2.55. The number of aromatic nitrogens is 3. The van der Waals surface area contributed by atoms with Crippen LogP contribution in [0.15, 0.2) is 6.33 Å². The van der Waals surface area contributed by atoms with Gasteiger partial charge in [-0.25, -0.2) is 9.67 Å². The van der Waals surface area contributed by atoms with Crippen molar-refractivity contribution >= 4 is 0 Å². The minimum absolute atomic E-state index is 0.224. The lowest BCUT2D eigenvalue weighted by Gasteiger charge is -2.52. The first kappa shape index (κ1) is 10.2. The maximum atomic E-state index is 5.27. The van der Waals surface area contributed by atoms with Gasteiger partial charge in [-0.05, 0) is 26.8 Å². The van der Waals surface area contributed by atoms with Crippen LogP contribution in [0.2, 0.25) is 0 Å². The quantitative estimate of drug-likeness (QED) is 0.826. The molecule has 2 aliphatic rings. The van der Waals surface area contributed by atoms with Gasteiger partial charge in [-0.15, -0.1) is 0 Å². The number of nitrogens with zero attached hydrogens (tertiary/aromatic N) is 3. The molecule has 5 nitrogen and oxygen atoms in total. The third-order valence-corrected chi connectivity index (χ3v) is 3.87. The molecule has 1 aliphatic carbocycles. The van der Waals surface area contributed by atoms with Gasteiger partial charge in [0.05, 0.1) is 25.3 Å². The van der Waals surface area contributed by atoms with E-state index in [9.17, 15) is 0 Å². The van der Waals surface area contributed by atoms with Gasteiger partial charge in [0.1, 0.15) is 6.33 Å². The summed E-state index contributed by atoms with van der Waals surface area (Å²) in [5.74, 6) is 0.883. The zero-order valence-electron chi connectivity index (χ0n) is 9.81. The van der Waals surface area contributed by atoms with Crippen molar-refractivity contribution in [3.63, 3.8) is 0 Å². The first-order chi connectivity index (χ1) is 7.72. The van der Waals surface area contributed by atoms with Crippen molar-refractivity contribution < 1.29 is 4.74 Å². The molecule has 16 heavy (non-hydrogen) atoms. The first-order valence-electron chi connectivity index (χ1n) is 5.88. The van der Waals surface area contributed by atoms with Crippen LogP contribution in [0.4, 0.5) is 0 Å². The van der Waals surface area contributed by atoms with Gasteiger partial charge in [-0.1, -0.05) is 0 Å². The highest BCUT2D eigenvalue weighted by Gasteiger charge is 2.50. The third-order valence-electron chi connectivity index (χ3n) is 3.87. The predicted octanol–water partition coefficient (Wildman–Crippen LogP) is 0.910. The van der Waals surface area contributed by atoms with Crippen LogP contribution in [0.3, 0.4) is 0 Å². The zero-order chi connectivity index (χ0) is 11.2. The van der Waals surface area contributed by atoms with Gasteiger partial charge in [-0.2, -0.15) is 5.10 Å². The summed E-state index contributed by atoms with van der Waals surface area (Å²) in [5.41, 5.74) is 0.491. The van der Waals surface area contributed by atoms with Crippen molar-refractivity contribution in [1.82, 2.24) is 20.1 Å². The van der Waals surface area contributed by atoms with Gasteiger partial charge in [0.15, 0.2) is 5.82 Å². The number of ether oxygens (including phenoxy) is 1. The van der Waals surface area contributed by atoms with Gasteiger partial charge < -0.3 is 10.1 Å². The Bertz CT molecular complexity index is 377. The molecule has 0 bridgehead atoms. The molecule has 1 saturated heterocycles. The summed E-state index contributed by atoms with van der Waals surface area (Å²) in [4.78, 5) is 4.34. The molecule has 88 valence electrons. The average molecular weight is 222 g/mol. The molecular formula is C11H18N4O. The molecule has 1 atom stereocenters. The molecule has 1 aliphatic heterocycles. The van der Waals surface area contributed by atoms with Gasteiger partial charge in [0, 0.05) is 5.41 Å². The van der Waals surface area contributed by atoms with E-state index in [2.05, 4.69) is 22.3 Å². The Hall–Kier alpha value is -0.940. The highest BCUT2D eigenvalue weighted by Crippen LogP contribution is 2.52. The largest absolute Gasteiger partial charge is 0.380 e. The van der Waals surface area contributed by atoms with E-state index in [1.54, 1.807) is 0 Å². The Balaban J connectivity index is 1.65. The van der Waals surface area contributed by atoms with E-state index in [-0.39, 0.29) is 6.04 Å². The van der Waals surface area contributed by atoms with Gasteiger partial charge in [0.2, 0.25) is 0 Å². The lowest BCUT2D eigenvalue weighted by Crippen LogP contribution is -2.52. The second-order valence-corrected chi connectivity index (χ2v) is 5.15. The maximum absolute atomic E-state index is 5.27. The van der Waals surface area contributed by atoms with Crippen LogP contribution < -0.4 is 5.32 Å². The number of hydrogen-bond acceptors (Lipinski definition) is 4. The third kappa shape index (κ3) is 1.46. The normalized spacial score (nSPS) is 25.1. The van der Waals surface area contributed by atoms with E-state index in [0.717, 1.165) is 19.0 Å². The molecule has 1 aromatic heterocycles. The van der Waals surface area contributed by atoms with Crippen LogP contribution in [-0.4, -0.2) is 35.0 Å². The molecule has 5 heteroatoms. The standard InChI is InChI=1S/C11H18N4O/c1-8(12-2)10-13-7-15(14-10)9-3-11(4-9)5-16-6-11/h7-9,12H,3-6H2,1-2H3. The molecule has 1 aromatic rings. The van der Waals surface area contributed by atoms with Crippen LogP contribution >= 0.6 is 0 Å². The predicted molar refractivity (Wildman–Crippen MR) is 59.0 cm³/mol. The molecule has 3 rings (SSSR count). The molecule has 2 heterocycles. The van der Waals surface area contributed by atoms with Crippen LogP contribution in [0, 0.1) is 5.41 Å². The summed E-state index contributed by atoms with van der Waals surface area (Å²) >= 11 is 0. The molecule has 1 saturated carbocycles. The van der Waals surface area contributed by atoms with Crippen molar-refractivity contribution in [1.29, 1.82) is 0 Å². The van der Waals surface area contributed by atoms with E-state index < -0.39 is 0 Å². The second-order valence-electron chi connectivity index (χ2n) is 5.15. The Morgan fingerprint density at radius 3 is 2.88 bits per heavy atom. The van der Waals surface area contributed by atoms with E-state index >= 15 is 0 Å². The number of rotatable bonds is 3. The zero-order valence-corrected chi connectivity index (χ0v) is 9.81. The number of hydrogen-bond donors (Lipinski definition) is 1. The average Bonchev–Trinajstić information content (AvgIpc) is 2.61. The van der Waals surface area contributed by atoms with Crippen molar-refractivity contribution in [3.05, 3.63) is 12.2 Å². The summed E-state index contributed by atoms with van der Waals surface area (Å²) in [6, 6.07) is 0.761. The summed E-state index contributed by atoms with van der Waals surface area (Å²) in [7, 11) is 1.93. The van der Waals surface area contributed by atoms with Gasteiger partial charge in [-0.3, -0.25) is 0 Å². The highest BCUT2D eigenvalue weighted by molar-refractivity contribution is 5.01. The topological polar surface area (TPSA) is 52.0 Å². The van der Waals surface area contributed by atoms with Gasteiger partial charge in [0.25, 0.3) is 0 Å².